The molecule has 0 radical (unpaired) electrons. The summed E-state index contributed by atoms with van der Waals surface area (Å²) in [5.41, 5.74) is -1.00. The van der Waals surface area contributed by atoms with E-state index in [-0.39, 0.29) is 11.7 Å². The van der Waals surface area contributed by atoms with Gasteiger partial charge in [0.25, 0.3) is 5.91 Å². The second-order valence-electron chi connectivity index (χ2n) is 6.78. The Labute approximate surface area is 162 Å². The number of hydrogen-bond donors (Lipinski definition) is 3. The Balaban J connectivity index is 1.85. The second kappa shape index (κ2) is 7.37. The van der Waals surface area contributed by atoms with Crippen molar-refractivity contribution in [3.63, 3.8) is 0 Å². The van der Waals surface area contributed by atoms with Crippen molar-refractivity contribution in [2.24, 2.45) is 0 Å². The van der Waals surface area contributed by atoms with Gasteiger partial charge in [0.2, 0.25) is 0 Å². The Morgan fingerprint density at radius 2 is 1.93 bits per heavy atom. The van der Waals surface area contributed by atoms with Crippen molar-refractivity contribution < 1.29 is 31.1 Å². The molecule has 0 aromatic heterocycles. The summed E-state index contributed by atoms with van der Waals surface area (Å²) in [6.07, 6.45) is 4.35. The topological polar surface area (TPSA) is 136 Å². The smallest absolute Gasteiger partial charge is 0.326 e. The summed E-state index contributed by atoms with van der Waals surface area (Å²) < 4.78 is 68.8. The van der Waals surface area contributed by atoms with Crippen LogP contribution in [0.5, 0.6) is 5.75 Å². The maximum atomic E-state index is 14.5. The minimum atomic E-state index is -4.32. The summed E-state index contributed by atoms with van der Waals surface area (Å²) in [4.78, 5) is 11.3. The third kappa shape index (κ3) is 4.00. The van der Waals surface area contributed by atoms with Crippen molar-refractivity contribution >= 4 is 37.7 Å². The fourth-order valence-corrected chi connectivity index (χ4v) is 5.73. The maximum Gasteiger partial charge on any atom is 0.326 e. The predicted molar refractivity (Wildman–Crippen MR) is 99.7 cm³/mol. The van der Waals surface area contributed by atoms with E-state index in [1.807, 2.05) is 0 Å². The highest BCUT2D eigenvalue weighted by molar-refractivity contribution is 7.92. The van der Waals surface area contributed by atoms with Gasteiger partial charge in [-0.15, -0.1) is 0 Å². The molecule has 156 valence electrons. The predicted octanol–water partition coefficient (Wildman–Crippen LogP) is 0.633. The van der Waals surface area contributed by atoms with Gasteiger partial charge < -0.3 is 5.11 Å². The molecular formula is C15H21FN4O6S2. The lowest BCUT2D eigenvalue weighted by Gasteiger charge is -2.30. The molecule has 1 aliphatic heterocycles. The molecule has 0 bridgehead atoms. The van der Waals surface area contributed by atoms with Crippen LogP contribution in [0.25, 0.3) is 0 Å². The number of nitrogens with one attached hydrogen (secondary N) is 2. The third-order valence-corrected chi connectivity index (χ3v) is 7.76. The van der Waals surface area contributed by atoms with E-state index in [1.165, 1.54) is 11.4 Å². The number of halogens is 1. The molecule has 1 heterocycles. The molecule has 1 saturated carbocycles. The Kier molecular flexibility index (Phi) is 5.42. The zero-order valence-corrected chi connectivity index (χ0v) is 16.7. The number of nitrogens with zero attached hydrogens (tertiary/aromatic N) is 2. The number of phenols is 1. The number of benzene rings is 1. The summed E-state index contributed by atoms with van der Waals surface area (Å²) >= 11 is 0. The summed E-state index contributed by atoms with van der Waals surface area (Å²) in [7, 11) is -6.90. The number of phenolic OH excluding ortho intramolecular Hbond substituents is 1. The summed E-state index contributed by atoms with van der Waals surface area (Å²) in [6, 6.07) is 1.47. The van der Waals surface area contributed by atoms with Crippen LogP contribution in [0.2, 0.25) is 0 Å². The highest BCUT2D eigenvalue weighted by atomic mass is 32.2. The summed E-state index contributed by atoms with van der Waals surface area (Å²) in [5, 5.41) is 10.1. The van der Waals surface area contributed by atoms with Gasteiger partial charge in [0.05, 0.1) is 5.69 Å². The van der Waals surface area contributed by atoms with Crippen LogP contribution in [0.4, 0.5) is 15.8 Å². The van der Waals surface area contributed by atoms with Crippen LogP contribution in [-0.4, -0.2) is 51.8 Å². The van der Waals surface area contributed by atoms with E-state index < -0.39 is 50.1 Å². The molecular weight excluding hydrogens is 415 g/mol. The molecule has 1 saturated heterocycles. The molecule has 1 aliphatic carbocycles. The zero-order chi connectivity index (χ0) is 20.7. The average molecular weight is 436 g/mol. The van der Waals surface area contributed by atoms with Gasteiger partial charge in [0.1, 0.15) is 18.0 Å². The number of rotatable bonds is 5. The Morgan fingerprint density at radius 3 is 2.46 bits per heavy atom. The standard InChI is InChI=1S/C15H21FN4O6S2/c1-19(11-5-3-2-4-6-11)27(23,24)17-10-7-12(16)15(13(21)8-10)20-9-14(22)18-28(20,25)26/h7-8,11,17,21H,2-6,9H2,1H3,(H,18,22). The largest absolute Gasteiger partial charge is 0.506 e. The lowest BCUT2D eigenvalue weighted by molar-refractivity contribution is -0.117. The second-order valence-corrected chi connectivity index (χ2v) is 10.1. The minimum Gasteiger partial charge on any atom is -0.506 e. The fourth-order valence-electron chi connectivity index (χ4n) is 3.40. The van der Waals surface area contributed by atoms with Crippen molar-refractivity contribution in [2.45, 2.75) is 38.1 Å². The highest BCUT2D eigenvalue weighted by Gasteiger charge is 2.37. The number of aromatic hydroxyl groups is 1. The van der Waals surface area contributed by atoms with Gasteiger partial charge >= 0.3 is 20.4 Å². The van der Waals surface area contributed by atoms with E-state index in [0.717, 1.165) is 44.2 Å². The highest BCUT2D eigenvalue weighted by Crippen LogP contribution is 2.36. The van der Waals surface area contributed by atoms with Crippen LogP contribution in [0.1, 0.15) is 32.1 Å². The Morgan fingerprint density at radius 1 is 1.29 bits per heavy atom. The minimum absolute atomic E-state index is 0.171. The maximum absolute atomic E-state index is 14.5. The number of amides is 1. The fraction of sp³-hybridized carbons (Fsp3) is 0.533. The Hall–Kier alpha value is -2.12. The first-order valence-corrected chi connectivity index (χ1v) is 11.5. The molecule has 10 nitrogen and oxygen atoms in total. The molecule has 3 rings (SSSR count). The lowest BCUT2D eigenvalue weighted by Crippen LogP contribution is -2.41. The quantitative estimate of drug-likeness (QED) is 0.620. The van der Waals surface area contributed by atoms with Gasteiger partial charge in [-0.05, 0) is 12.8 Å². The van der Waals surface area contributed by atoms with Gasteiger partial charge in [-0.2, -0.15) is 21.1 Å². The molecule has 1 aromatic carbocycles. The molecule has 0 unspecified atom stereocenters. The van der Waals surface area contributed by atoms with Crippen molar-refractivity contribution in [1.29, 1.82) is 0 Å². The zero-order valence-electron chi connectivity index (χ0n) is 15.1. The first-order valence-electron chi connectivity index (χ1n) is 8.63. The summed E-state index contributed by atoms with van der Waals surface area (Å²) in [6.45, 7) is -0.692. The normalized spacial score (nSPS) is 20.4. The van der Waals surface area contributed by atoms with Crippen molar-refractivity contribution in [1.82, 2.24) is 9.03 Å². The third-order valence-electron chi connectivity index (χ3n) is 4.83. The van der Waals surface area contributed by atoms with Crippen LogP contribution >= 0.6 is 0 Å². The van der Waals surface area contributed by atoms with Gasteiger partial charge in [0.15, 0.2) is 5.82 Å². The van der Waals surface area contributed by atoms with E-state index in [2.05, 4.69) is 4.72 Å². The molecule has 1 aromatic rings. The SMILES string of the molecule is CN(C1CCCCC1)S(=O)(=O)Nc1cc(O)c(N2CC(=O)NS2(=O)=O)c(F)c1. The number of hydrogen-bond acceptors (Lipinski definition) is 6. The molecule has 3 N–H and O–H groups in total. The first-order chi connectivity index (χ1) is 13.0. The molecule has 2 aliphatic rings. The molecule has 28 heavy (non-hydrogen) atoms. The molecule has 2 fully saturated rings. The van der Waals surface area contributed by atoms with Gasteiger partial charge in [0, 0.05) is 25.2 Å². The molecule has 0 spiro atoms. The van der Waals surface area contributed by atoms with Crippen LogP contribution in [0.3, 0.4) is 0 Å². The van der Waals surface area contributed by atoms with Gasteiger partial charge in [-0.1, -0.05) is 19.3 Å². The van der Waals surface area contributed by atoms with E-state index in [1.54, 1.807) is 4.72 Å². The number of carbonyl (C=O) groups is 1. The van der Waals surface area contributed by atoms with Crippen molar-refractivity contribution in [3.05, 3.63) is 17.9 Å². The van der Waals surface area contributed by atoms with Crippen LogP contribution in [0.15, 0.2) is 12.1 Å². The molecule has 1 amide bonds. The molecule has 13 heteroatoms. The van der Waals surface area contributed by atoms with Crippen molar-refractivity contribution in [3.8, 4) is 5.75 Å². The first kappa shape index (κ1) is 20.6. The van der Waals surface area contributed by atoms with Crippen molar-refractivity contribution in [2.75, 3.05) is 22.6 Å². The summed E-state index contributed by atoms with van der Waals surface area (Å²) in [5.74, 6) is -2.89. The number of anilines is 2. The molecule has 0 atom stereocenters. The average Bonchev–Trinajstić information content (AvgIpc) is 2.86. The Bertz CT molecular complexity index is 969. The van der Waals surface area contributed by atoms with E-state index in [0.29, 0.717) is 4.31 Å². The lowest BCUT2D eigenvalue weighted by atomic mass is 9.96. The monoisotopic (exact) mass is 436 g/mol. The van der Waals surface area contributed by atoms with Crippen LogP contribution in [0, 0.1) is 5.82 Å². The van der Waals surface area contributed by atoms with Gasteiger partial charge in [-0.3, -0.25) is 9.52 Å². The number of carbonyl (C=O) groups excluding carboxylic acids is 1. The van der Waals surface area contributed by atoms with Gasteiger partial charge in [-0.25, -0.2) is 13.4 Å². The van der Waals surface area contributed by atoms with Crippen LogP contribution in [-0.2, 0) is 25.2 Å². The van der Waals surface area contributed by atoms with Crippen LogP contribution < -0.4 is 13.7 Å². The van der Waals surface area contributed by atoms with E-state index >= 15 is 0 Å². The van der Waals surface area contributed by atoms with E-state index in [4.69, 9.17) is 0 Å². The van der Waals surface area contributed by atoms with E-state index in [9.17, 15) is 31.1 Å².